The molecule has 0 aliphatic carbocycles. The van der Waals surface area contributed by atoms with Crippen LogP contribution in [-0.2, 0) is 12.8 Å². The summed E-state index contributed by atoms with van der Waals surface area (Å²) in [6.45, 7) is 4.33. The van der Waals surface area contributed by atoms with Crippen molar-refractivity contribution >= 4 is 11.6 Å². The molecule has 1 unspecified atom stereocenters. The molecule has 90 valence electrons. The standard InChI is InChI=1S/C14H22ClN/c1-3-6-13(15)7-5-8-14-10-9-12(4-2)11-16-14/h9-11,13H,3-8H2,1-2H3. The van der Waals surface area contributed by atoms with E-state index in [1.54, 1.807) is 0 Å². The highest BCUT2D eigenvalue weighted by atomic mass is 35.5. The lowest BCUT2D eigenvalue weighted by Gasteiger charge is -2.07. The summed E-state index contributed by atoms with van der Waals surface area (Å²) in [6, 6.07) is 4.31. The molecule has 0 amide bonds. The van der Waals surface area contributed by atoms with Gasteiger partial charge in [-0.1, -0.05) is 26.3 Å². The second-order valence-electron chi connectivity index (χ2n) is 4.29. The quantitative estimate of drug-likeness (QED) is 0.644. The summed E-state index contributed by atoms with van der Waals surface area (Å²) in [7, 11) is 0. The second kappa shape index (κ2) is 7.67. The van der Waals surface area contributed by atoms with E-state index in [-0.39, 0.29) is 0 Å². The van der Waals surface area contributed by atoms with Crippen LogP contribution in [0.5, 0.6) is 0 Å². The maximum Gasteiger partial charge on any atom is 0.0403 e. The van der Waals surface area contributed by atoms with E-state index in [1.807, 2.05) is 6.20 Å². The van der Waals surface area contributed by atoms with Crippen molar-refractivity contribution in [2.45, 2.75) is 57.7 Å². The van der Waals surface area contributed by atoms with Crippen molar-refractivity contribution in [1.29, 1.82) is 0 Å². The number of nitrogens with zero attached hydrogens (tertiary/aromatic N) is 1. The number of hydrogen-bond donors (Lipinski definition) is 0. The molecule has 1 rings (SSSR count). The van der Waals surface area contributed by atoms with Crippen LogP contribution < -0.4 is 0 Å². The van der Waals surface area contributed by atoms with Gasteiger partial charge in [0.2, 0.25) is 0 Å². The Balaban J connectivity index is 2.26. The average molecular weight is 240 g/mol. The minimum atomic E-state index is 0.347. The van der Waals surface area contributed by atoms with Crippen LogP contribution in [0.15, 0.2) is 18.3 Å². The fourth-order valence-electron chi connectivity index (χ4n) is 1.77. The molecule has 0 fully saturated rings. The number of aryl methyl sites for hydroxylation is 2. The Morgan fingerprint density at radius 3 is 2.62 bits per heavy atom. The van der Waals surface area contributed by atoms with Crippen LogP contribution in [0.3, 0.4) is 0 Å². The molecule has 1 atom stereocenters. The monoisotopic (exact) mass is 239 g/mol. The summed E-state index contributed by atoms with van der Waals surface area (Å²) in [6.07, 6.45) is 8.66. The number of rotatable bonds is 7. The number of halogens is 1. The first kappa shape index (κ1) is 13.5. The largest absolute Gasteiger partial charge is 0.261 e. The number of pyridine rings is 1. The molecular formula is C14H22ClN. The van der Waals surface area contributed by atoms with E-state index in [0.29, 0.717) is 5.38 Å². The van der Waals surface area contributed by atoms with Gasteiger partial charge in [-0.25, -0.2) is 0 Å². The topological polar surface area (TPSA) is 12.9 Å². The third-order valence-corrected chi connectivity index (χ3v) is 3.28. The van der Waals surface area contributed by atoms with Crippen LogP contribution in [0.2, 0.25) is 0 Å². The highest BCUT2D eigenvalue weighted by molar-refractivity contribution is 6.20. The van der Waals surface area contributed by atoms with Crippen molar-refractivity contribution in [3.8, 4) is 0 Å². The molecule has 0 aromatic carbocycles. The van der Waals surface area contributed by atoms with Crippen molar-refractivity contribution in [3.63, 3.8) is 0 Å². The molecule has 1 nitrogen and oxygen atoms in total. The highest BCUT2D eigenvalue weighted by Crippen LogP contribution is 2.14. The van der Waals surface area contributed by atoms with Crippen LogP contribution in [0.1, 0.15) is 50.8 Å². The molecule has 1 heterocycles. The third-order valence-electron chi connectivity index (χ3n) is 2.85. The van der Waals surface area contributed by atoms with Gasteiger partial charge in [-0.2, -0.15) is 0 Å². The predicted molar refractivity (Wildman–Crippen MR) is 71.1 cm³/mol. The molecule has 16 heavy (non-hydrogen) atoms. The van der Waals surface area contributed by atoms with E-state index in [2.05, 4.69) is 31.0 Å². The van der Waals surface area contributed by atoms with Crippen molar-refractivity contribution < 1.29 is 0 Å². The zero-order valence-corrected chi connectivity index (χ0v) is 11.1. The van der Waals surface area contributed by atoms with E-state index in [1.165, 1.54) is 17.7 Å². The zero-order valence-electron chi connectivity index (χ0n) is 10.4. The van der Waals surface area contributed by atoms with Crippen LogP contribution in [0.4, 0.5) is 0 Å². The Bertz CT molecular complexity index is 281. The molecule has 0 aliphatic heterocycles. The molecule has 0 saturated carbocycles. The van der Waals surface area contributed by atoms with Crippen molar-refractivity contribution in [1.82, 2.24) is 4.98 Å². The molecule has 0 bridgehead atoms. The lowest BCUT2D eigenvalue weighted by atomic mass is 10.1. The van der Waals surface area contributed by atoms with E-state index in [4.69, 9.17) is 11.6 Å². The first-order chi connectivity index (χ1) is 7.76. The van der Waals surface area contributed by atoms with Crippen LogP contribution >= 0.6 is 11.6 Å². The Hall–Kier alpha value is -0.560. The molecule has 0 spiro atoms. The Morgan fingerprint density at radius 1 is 1.25 bits per heavy atom. The van der Waals surface area contributed by atoms with Gasteiger partial charge in [0.05, 0.1) is 0 Å². The lowest BCUT2D eigenvalue weighted by Crippen LogP contribution is -1.99. The van der Waals surface area contributed by atoms with Gasteiger partial charge in [0.25, 0.3) is 0 Å². The summed E-state index contributed by atoms with van der Waals surface area (Å²) >= 11 is 6.17. The maximum absolute atomic E-state index is 6.17. The van der Waals surface area contributed by atoms with E-state index >= 15 is 0 Å². The summed E-state index contributed by atoms with van der Waals surface area (Å²) in [5, 5.41) is 0.347. The summed E-state index contributed by atoms with van der Waals surface area (Å²) < 4.78 is 0. The second-order valence-corrected chi connectivity index (χ2v) is 4.91. The molecule has 0 radical (unpaired) electrons. The minimum absolute atomic E-state index is 0.347. The van der Waals surface area contributed by atoms with Crippen LogP contribution in [0.25, 0.3) is 0 Å². The van der Waals surface area contributed by atoms with E-state index < -0.39 is 0 Å². The summed E-state index contributed by atoms with van der Waals surface area (Å²) in [5.74, 6) is 0. The van der Waals surface area contributed by atoms with Crippen LogP contribution in [0, 0.1) is 0 Å². The Labute approximate surface area is 104 Å². The zero-order chi connectivity index (χ0) is 11.8. The Kier molecular flexibility index (Phi) is 6.47. The first-order valence-corrected chi connectivity index (χ1v) is 6.77. The fraction of sp³-hybridized carbons (Fsp3) is 0.643. The van der Waals surface area contributed by atoms with Gasteiger partial charge >= 0.3 is 0 Å². The fourth-order valence-corrected chi connectivity index (χ4v) is 2.15. The van der Waals surface area contributed by atoms with Crippen molar-refractivity contribution in [2.24, 2.45) is 0 Å². The molecule has 1 aromatic rings. The molecule has 2 heteroatoms. The van der Waals surface area contributed by atoms with Gasteiger partial charge in [0, 0.05) is 17.3 Å². The molecular weight excluding hydrogens is 218 g/mol. The van der Waals surface area contributed by atoms with Gasteiger partial charge in [0.15, 0.2) is 0 Å². The maximum atomic E-state index is 6.17. The normalized spacial score (nSPS) is 12.7. The molecule has 0 N–H and O–H groups in total. The van der Waals surface area contributed by atoms with E-state index in [0.717, 1.165) is 32.1 Å². The summed E-state index contributed by atoms with van der Waals surface area (Å²) in [4.78, 5) is 4.45. The molecule has 0 saturated heterocycles. The van der Waals surface area contributed by atoms with Gasteiger partial charge in [0.1, 0.15) is 0 Å². The SMILES string of the molecule is CCCC(Cl)CCCc1ccc(CC)cn1. The Morgan fingerprint density at radius 2 is 2.06 bits per heavy atom. The smallest absolute Gasteiger partial charge is 0.0403 e. The number of hydrogen-bond acceptors (Lipinski definition) is 1. The first-order valence-electron chi connectivity index (χ1n) is 6.34. The number of aromatic nitrogens is 1. The van der Waals surface area contributed by atoms with Crippen LogP contribution in [-0.4, -0.2) is 10.4 Å². The minimum Gasteiger partial charge on any atom is -0.261 e. The van der Waals surface area contributed by atoms with Crippen molar-refractivity contribution in [2.75, 3.05) is 0 Å². The summed E-state index contributed by atoms with van der Waals surface area (Å²) in [5.41, 5.74) is 2.50. The predicted octanol–water partition coefficient (Wildman–Crippen LogP) is 4.37. The van der Waals surface area contributed by atoms with E-state index in [9.17, 15) is 0 Å². The van der Waals surface area contributed by atoms with Gasteiger partial charge < -0.3 is 0 Å². The molecule has 0 aliphatic rings. The van der Waals surface area contributed by atoms with Crippen molar-refractivity contribution in [3.05, 3.63) is 29.6 Å². The number of alkyl halides is 1. The van der Waals surface area contributed by atoms with Gasteiger partial charge in [-0.05, 0) is 43.7 Å². The average Bonchev–Trinajstić information content (AvgIpc) is 2.30. The highest BCUT2D eigenvalue weighted by Gasteiger charge is 2.03. The molecule has 1 aromatic heterocycles. The van der Waals surface area contributed by atoms with Gasteiger partial charge in [-0.15, -0.1) is 11.6 Å². The lowest BCUT2D eigenvalue weighted by molar-refractivity contribution is 0.636. The third kappa shape index (κ3) is 4.98. The van der Waals surface area contributed by atoms with Gasteiger partial charge in [-0.3, -0.25) is 4.98 Å².